The summed E-state index contributed by atoms with van der Waals surface area (Å²) in [7, 11) is 0. The molecule has 0 heterocycles. The van der Waals surface area contributed by atoms with Crippen molar-refractivity contribution in [2.45, 2.75) is 27.2 Å². The first-order chi connectivity index (χ1) is 12.1. The molecule has 2 rings (SSSR count). The van der Waals surface area contributed by atoms with Gasteiger partial charge in [-0.1, -0.05) is 54.6 Å². The average Bonchev–Trinajstić information content (AvgIpc) is 2.61. The smallest absolute Gasteiger partial charge is 0.327 e. The number of hydrogen-bond donors (Lipinski definition) is 0. The van der Waals surface area contributed by atoms with Gasteiger partial charge < -0.3 is 9.47 Å². The van der Waals surface area contributed by atoms with E-state index in [4.69, 9.17) is 9.47 Å². The molecule has 0 atom stereocenters. The van der Waals surface area contributed by atoms with E-state index < -0.39 is 17.4 Å². The number of hydrogen-bond acceptors (Lipinski definition) is 4. The first kappa shape index (κ1) is 18.7. The van der Waals surface area contributed by atoms with Crippen molar-refractivity contribution in [1.29, 1.82) is 0 Å². The van der Waals surface area contributed by atoms with Crippen molar-refractivity contribution in [1.82, 2.24) is 0 Å². The second kappa shape index (κ2) is 8.47. The quantitative estimate of drug-likeness (QED) is 0.433. The van der Waals surface area contributed by atoms with Crippen LogP contribution in [-0.2, 0) is 25.5 Å². The highest BCUT2D eigenvalue weighted by atomic mass is 16.6. The second-order valence-electron chi connectivity index (χ2n) is 5.77. The molecular weight excluding hydrogens is 316 g/mol. The average molecular weight is 340 g/mol. The Balaban J connectivity index is 2.48. The molecule has 0 radical (unpaired) electrons. The zero-order valence-corrected chi connectivity index (χ0v) is 15.0. The van der Waals surface area contributed by atoms with E-state index in [2.05, 4.69) is 0 Å². The van der Waals surface area contributed by atoms with E-state index in [1.54, 1.807) is 32.9 Å². The van der Waals surface area contributed by atoms with Crippen molar-refractivity contribution in [3.05, 3.63) is 60.2 Å². The van der Waals surface area contributed by atoms with Gasteiger partial charge in [-0.15, -0.1) is 0 Å². The van der Waals surface area contributed by atoms with Gasteiger partial charge in [0.25, 0.3) is 0 Å². The molecule has 2 aromatic carbocycles. The molecular formula is C21H24O4. The zero-order chi connectivity index (χ0) is 18.3. The second-order valence-corrected chi connectivity index (χ2v) is 5.77. The largest absolute Gasteiger partial charge is 0.465 e. The van der Waals surface area contributed by atoms with E-state index in [9.17, 15) is 9.59 Å². The van der Waals surface area contributed by atoms with Gasteiger partial charge in [0.2, 0.25) is 0 Å². The standard InChI is InChI=1S/C21H24O4/c1-4-13-21(19(22)24-5-2,20(23)25-6-3)15-16-11-12-17-9-7-8-10-18(17)14-16/h4,7-14H,5-6,15H2,1-3H3/b13-4+. The molecule has 0 saturated carbocycles. The molecule has 0 spiro atoms. The number of esters is 2. The molecule has 4 nitrogen and oxygen atoms in total. The lowest BCUT2D eigenvalue weighted by molar-refractivity contribution is -0.168. The third-order valence-corrected chi connectivity index (χ3v) is 4.03. The van der Waals surface area contributed by atoms with Crippen molar-refractivity contribution in [3.63, 3.8) is 0 Å². The Hall–Kier alpha value is -2.62. The Morgan fingerprint density at radius 3 is 2.12 bits per heavy atom. The van der Waals surface area contributed by atoms with E-state index in [1.807, 2.05) is 42.5 Å². The van der Waals surface area contributed by atoms with Crippen LogP contribution in [0.1, 0.15) is 26.3 Å². The van der Waals surface area contributed by atoms with E-state index in [-0.39, 0.29) is 19.6 Å². The molecule has 0 N–H and O–H groups in total. The van der Waals surface area contributed by atoms with Gasteiger partial charge in [-0.05, 0) is 37.1 Å². The maximum atomic E-state index is 12.7. The van der Waals surface area contributed by atoms with Crippen LogP contribution in [0.3, 0.4) is 0 Å². The third-order valence-electron chi connectivity index (χ3n) is 4.03. The number of allylic oxidation sites excluding steroid dienone is 1. The van der Waals surface area contributed by atoms with Gasteiger partial charge in [0, 0.05) is 6.42 Å². The molecule has 0 saturated heterocycles. The lowest BCUT2D eigenvalue weighted by atomic mass is 9.80. The summed E-state index contributed by atoms with van der Waals surface area (Å²) in [5.74, 6) is -1.17. The molecule has 4 heteroatoms. The normalized spacial score (nSPS) is 11.6. The zero-order valence-electron chi connectivity index (χ0n) is 15.0. The van der Waals surface area contributed by atoms with E-state index in [0.29, 0.717) is 0 Å². The summed E-state index contributed by atoms with van der Waals surface area (Å²) in [5, 5.41) is 2.16. The van der Waals surface area contributed by atoms with Crippen LogP contribution in [0.5, 0.6) is 0 Å². The van der Waals surface area contributed by atoms with Crippen LogP contribution in [0.4, 0.5) is 0 Å². The molecule has 0 aliphatic heterocycles. The Morgan fingerprint density at radius 2 is 1.56 bits per heavy atom. The first-order valence-electron chi connectivity index (χ1n) is 8.53. The summed E-state index contributed by atoms with van der Waals surface area (Å²) in [6, 6.07) is 13.9. The van der Waals surface area contributed by atoms with Crippen LogP contribution in [0.25, 0.3) is 10.8 Å². The van der Waals surface area contributed by atoms with Crippen molar-refractivity contribution in [2.24, 2.45) is 5.41 Å². The molecule has 0 aliphatic carbocycles. The number of rotatable bonds is 7. The lowest BCUT2D eigenvalue weighted by Gasteiger charge is -2.26. The van der Waals surface area contributed by atoms with Gasteiger partial charge in [-0.2, -0.15) is 0 Å². The number of ether oxygens (including phenoxy) is 2. The molecule has 0 fully saturated rings. The maximum absolute atomic E-state index is 12.7. The molecule has 0 bridgehead atoms. The van der Waals surface area contributed by atoms with Gasteiger partial charge in [-0.25, -0.2) is 0 Å². The van der Waals surface area contributed by atoms with Crippen LogP contribution in [0, 0.1) is 5.41 Å². The monoisotopic (exact) mass is 340 g/mol. The highest BCUT2D eigenvalue weighted by molar-refractivity contribution is 6.02. The van der Waals surface area contributed by atoms with Crippen molar-refractivity contribution in [3.8, 4) is 0 Å². The Morgan fingerprint density at radius 1 is 0.960 bits per heavy atom. The van der Waals surface area contributed by atoms with Crippen LogP contribution in [-0.4, -0.2) is 25.2 Å². The van der Waals surface area contributed by atoms with E-state index in [1.165, 1.54) is 0 Å². The fourth-order valence-corrected chi connectivity index (χ4v) is 2.90. The van der Waals surface area contributed by atoms with Gasteiger partial charge in [0.15, 0.2) is 5.41 Å². The summed E-state index contributed by atoms with van der Waals surface area (Å²) in [6.07, 6.45) is 3.47. The molecule has 132 valence electrons. The lowest BCUT2D eigenvalue weighted by Crippen LogP contribution is -2.42. The predicted molar refractivity (Wildman–Crippen MR) is 98.2 cm³/mol. The van der Waals surface area contributed by atoms with E-state index >= 15 is 0 Å². The highest BCUT2D eigenvalue weighted by Gasteiger charge is 2.46. The van der Waals surface area contributed by atoms with Crippen molar-refractivity contribution < 1.29 is 19.1 Å². The molecule has 0 aromatic heterocycles. The summed E-state index contributed by atoms with van der Waals surface area (Å²) < 4.78 is 10.4. The van der Waals surface area contributed by atoms with Gasteiger partial charge in [0.1, 0.15) is 0 Å². The Bertz CT molecular complexity index is 758. The molecule has 0 unspecified atom stereocenters. The van der Waals surface area contributed by atoms with Crippen LogP contribution in [0.2, 0.25) is 0 Å². The summed E-state index contributed by atoms with van der Waals surface area (Å²) in [5.41, 5.74) is -0.596. The van der Waals surface area contributed by atoms with Gasteiger partial charge in [0.05, 0.1) is 13.2 Å². The van der Waals surface area contributed by atoms with Crippen LogP contribution < -0.4 is 0 Å². The summed E-state index contributed by atoms with van der Waals surface area (Å²) in [4.78, 5) is 25.3. The SMILES string of the molecule is C/C=C/C(Cc1ccc2ccccc2c1)(C(=O)OCC)C(=O)OCC. The minimum absolute atomic E-state index is 0.194. The minimum Gasteiger partial charge on any atom is -0.465 e. The number of carbonyl (C=O) groups excluding carboxylic acids is 2. The maximum Gasteiger partial charge on any atom is 0.327 e. The predicted octanol–water partition coefficient (Wildman–Crippen LogP) is 4.07. The number of benzene rings is 2. The topological polar surface area (TPSA) is 52.6 Å². The molecule has 2 aromatic rings. The minimum atomic E-state index is -1.47. The summed E-state index contributed by atoms with van der Waals surface area (Å²) in [6.45, 7) is 5.62. The van der Waals surface area contributed by atoms with Crippen molar-refractivity contribution in [2.75, 3.05) is 13.2 Å². The van der Waals surface area contributed by atoms with Crippen molar-refractivity contribution >= 4 is 22.7 Å². The Labute approximate surface area is 148 Å². The number of fused-ring (bicyclic) bond motifs is 1. The first-order valence-corrected chi connectivity index (χ1v) is 8.53. The summed E-state index contributed by atoms with van der Waals surface area (Å²) >= 11 is 0. The third kappa shape index (κ3) is 4.08. The van der Waals surface area contributed by atoms with Crippen LogP contribution >= 0.6 is 0 Å². The molecule has 0 amide bonds. The molecule has 25 heavy (non-hydrogen) atoms. The Kier molecular flexibility index (Phi) is 6.34. The fourth-order valence-electron chi connectivity index (χ4n) is 2.90. The number of carbonyl (C=O) groups is 2. The van der Waals surface area contributed by atoms with Crippen LogP contribution in [0.15, 0.2) is 54.6 Å². The van der Waals surface area contributed by atoms with E-state index in [0.717, 1.165) is 16.3 Å². The van der Waals surface area contributed by atoms with Gasteiger partial charge in [-0.3, -0.25) is 9.59 Å². The molecule has 0 aliphatic rings. The highest BCUT2D eigenvalue weighted by Crippen LogP contribution is 2.30. The van der Waals surface area contributed by atoms with Gasteiger partial charge >= 0.3 is 11.9 Å². The fraction of sp³-hybridized carbons (Fsp3) is 0.333.